The van der Waals surface area contributed by atoms with E-state index >= 15 is 0 Å². The van der Waals surface area contributed by atoms with Crippen LogP contribution in [0.2, 0.25) is 0 Å². The molecule has 0 amide bonds. The number of aliphatic carboxylic acids is 1. The summed E-state index contributed by atoms with van der Waals surface area (Å²) in [5.41, 5.74) is 0.255. The number of carboxylic acids is 1. The Kier molecular flexibility index (Phi) is 3.33. The monoisotopic (exact) mass is 195 g/mol. The minimum Gasteiger partial charge on any atom is -0.479 e. The lowest BCUT2D eigenvalue weighted by Gasteiger charge is -2.07. The van der Waals surface area contributed by atoms with Gasteiger partial charge in [-0.1, -0.05) is 30.3 Å². The zero-order chi connectivity index (χ0) is 10.6. The fourth-order valence-corrected chi connectivity index (χ4v) is 0.986. The van der Waals surface area contributed by atoms with Gasteiger partial charge in [0.2, 0.25) is 11.9 Å². The van der Waals surface area contributed by atoms with Crippen LogP contribution in [0.4, 0.5) is 0 Å². The molecular weight excluding hydrogens is 186 g/mol. The molecule has 0 fully saturated rings. The summed E-state index contributed by atoms with van der Waals surface area (Å²) in [6.07, 6.45) is -1.64. The van der Waals surface area contributed by atoms with Crippen molar-refractivity contribution in [3.63, 3.8) is 0 Å². The van der Waals surface area contributed by atoms with Crippen molar-refractivity contribution in [1.82, 2.24) is 0 Å². The molecule has 0 aliphatic heterocycles. The van der Waals surface area contributed by atoms with Crippen LogP contribution < -0.4 is 5.90 Å². The van der Waals surface area contributed by atoms with Gasteiger partial charge >= 0.3 is 5.97 Å². The van der Waals surface area contributed by atoms with Crippen molar-refractivity contribution in [1.29, 1.82) is 0 Å². The molecule has 5 nitrogen and oxygen atoms in total. The molecule has 0 saturated carbocycles. The van der Waals surface area contributed by atoms with Crippen LogP contribution in [0.15, 0.2) is 30.3 Å². The summed E-state index contributed by atoms with van der Waals surface area (Å²) in [5, 5.41) is 8.58. The van der Waals surface area contributed by atoms with Crippen molar-refractivity contribution in [2.24, 2.45) is 5.90 Å². The van der Waals surface area contributed by atoms with Crippen LogP contribution in [-0.2, 0) is 9.63 Å². The minimum atomic E-state index is -1.64. The van der Waals surface area contributed by atoms with E-state index in [0.29, 0.717) is 0 Å². The Labute approximate surface area is 80.1 Å². The van der Waals surface area contributed by atoms with Crippen LogP contribution in [0.5, 0.6) is 0 Å². The van der Waals surface area contributed by atoms with E-state index < -0.39 is 17.9 Å². The summed E-state index contributed by atoms with van der Waals surface area (Å²) in [4.78, 5) is 26.0. The summed E-state index contributed by atoms with van der Waals surface area (Å²) in [7, 11) is 0. The van der Waals surface area contributed by atoms with Crippen LogP contribution in [0.25, 0.3) is 0 Å². The van der Waals surface area contributed by atoms with Crippen molar-refractivity contribution in [3.05, 3.63) is 35.9 Å². The largest absolute Gasteiger partial charge is 0.479 e. The first-order valence-corrected chi connectivity index (χ1v) is 3.84. The fourth-order valence-electron chi connectivity index (χ4n) is 0.986. The van der Waals surface area contributed by atoms with Crippen molar-refractivity contribution >= 4 is 11.8 Å². The van der Waals surface area contributed by atoms with Crippen molar-refractivity contribution in [2.75, 3.05) is 0 Å². The molecule has 1 aromatic carbocycles. The molecule has 14 heavy (non-hydrogen) atoms. The normalized spacial score (nSPS) is 12.1. The van der Waals surface area contributed by atoms with Gasteiger partial charge in [0.1, 0.15) is 0 Å². The third-order valence-corrected chi connectivity index (χ3v) is 1.66. The predicted octanol–water partition coefficient (Wildman–Crippen LogP) is 0.213. The van der Waals surface area contributed by atoms with Gasteiger partial charge in [-0.25, -0.2) is 10.7 Å². The number of nitrogens with two attached hydrogens (primary N) is 1. The smallest absolute Gasteiger partial charge is 0.343 e. The van der Waals surface area contributed by atoms with Gasteiger partial charge in [0.05, 0.1) is 0 Å². The topological polar surface area (TPSA) is 89.6 Å². The predicted molar refractivity (Wildman–Crippen MR) is 47.5 cm³/mol. The summed E-state index contributed by atoms with van der Waals surface area (Å²) in [6, 6.07) is 7.97. The van der Waals surface area contributed by atoms with E-state index in [1.54, 1.807) is 18.2 Å². The molecule has 1 atom stereocenters. The Hall–Kier alpha value is -1.72. The molecule has 0 aliphatic rings. The third kappa shape index (κ3) is 2.15. The first-order chi connectivity index (χ1) is 6.66. The molecule has 0 radical (unpaired) electrons. The van der Waals surface area contributed by atoms with Crippen LogP contribution >= 0.6 is 0 Å². The fraction of sp³-hybridized carbons (Fsp3) is 0.111. The van der Waals surface area contributed by atoms with E-state index in [9.17, 15) is 9.59 Å². The van der Waals surface area contributed by atoms with Crippen LogP contribution in [0.3, 0.4) is 0 Å². The Morgan fingerprint density at radius 3 is 2.29 bits per heavy atom. The highest BCUT2D eigenvalue weighted by Gasteiger charge is 2.27. The van der Waals surface area contributed by atoms with Gasteiger partial charge in [-0.05, 0) is 0 Å². The second-order valence-electron chi connectivity index (χ2n) is 2.58. The van der Waals surface area contributed by atoms with E-state index in [1.807, 2.05) is 0 Å². The molecule has 74 valence electrons. The SMILES string of the molecule is NOC(C(=O)O)C(=O)c1ccccc1. The zero-order valence-electron chi connectivity index (χ0n) is 7.21. The second-order valence-corrected chi connectivity index (χ2v) is 2.58. The maximum absolute atomic E-state index is 11.4. The van der Waals surface area contributed by atoms with Crippen LogP contribution in [0, 0.1) is 0 Å². The number of hydrogen-bond acceptors (Lipinski definition) is 4. The van der Waals surface area contributed by atoms with Gasteiger partial charge in [-0.15, -0.1) is 0 Å². The van der Waals surface area contributed by atoms with E-state index in [4.69, 9.17) is 11.0 Å². The van der Waals surface area contributed by atoms with Crippen molar-refractivity contribution in [2.45, 2.75) is 6.10 Å². The lowest BCUT2D eigenvalue weighted by molar-refractivity contribution is -0.147. The molecule has 5 heteroatoms. The Morgan fingerprint density at radius 2 is 1.86 bits per heavy atom. The highest BCUT2D eigenvalue weighted by atomic mass is 16.6. The zero-order valence-corrected chi connectivity index (χ0v) is 7.21. The number of benzene rings is 1. The Bertz CT molecular complexity index is 336. The van der Waals surface area contributed by atoms with Gasteiger partial charge in [-0.3, -0.25) is 9.63 Å². The highest BCUT2D eigenvalue weighted by molar-refractivity contribution is 6.10. The highest BCUT2D eigenvalue weighted by Crippen LogP contribution is 2.05. The number of rotatable bonds is 4. The first-order valence-electron chi connectivity index (χ1n) is 3.84. The molecular formula is C9H9NO4. The van der Waals surface area contributed by atoms with Gasteiger partial charge in [0.15, 0.2) is 0 Å². The molecule has 0 aliphatic carbocycles. The molecule has 1 rings (SSSR count). The Balaban J connectivity index is 2.89. The van der Waals surface area contributed by atoms with E-state index in [-0.39, 0.29) is 5.56 Å². The van der Waals surface area contributed by atoms with Crippen LogP contribution in [0.1, 0.15) is 10.4 Å². The average Bonchev–Trinajstić information content (AvgIpc) is 2.19. The number of ketones is 1. The third-order valence-electron chi connectivity index (χ3n) is 1.66. The molecule has 0 heterocycles. The average molecular weight is 195 g/mol. The van der Waals surface area contributed by atoms with E-state index in [1.165, 1.54) is 12.1 Å². The molecule has 1 unspecified atom stereocenters. The molecule has 3 N–H and O–H groups in total. The lowest BCUT2D eigenvalue weighted by Crippen LogP contribution is -2.35. The number of carbonyl (C=O) groups is 2. The van der Waals surface area contributed by atoms with Crippen molar-refractivity contribution < 1.29 is 19.5 Å². The van der Waals surface area contributed by atoms with Gasteiger partial charge < -0.3 is 5.11 Å². The molecule has 0 saturated heterocycles. The quantitative estimate of drug-likeness (QED) is 0.407. The summed E-state index contributed by atoms with van der Waals surface area (Å²) in [6.45, 7) is 0. The van der Waals surface area contributed by atoms with Gasteiger partial charge in [0, 0.05) is 5.56 Å². The van der Waals surface area contributed by atoms with E-state index in [0.717, 1.165) is 0 Å². The first kappa shape index (κ1) is 10.4. The van der Waals surface area contributed by atoms with Gasteiger partial charge in [0.25, 0.3) is 0 Å². The summed E-state index contributed by atoms with van der Waals surface area (Å²) in [5.74, 6) is 2.64. The van der Waals surface area contributed by atoms with Crippen LogP contribution in [-0.4, -0.2) is 23.0 Å². The maximum atomic E-state index is 11.4. The summed E-state index contributed by atoms with van der Waals surface area (Å²) < 4.78 is 0. The van der Waals surface area contributed by atoms with E-state index in [2.05, 4.69) is 4.84 Å². The molecule has 0 aromatic heterocycles. The minimum absolute atomic E-state index is 0.255. The van der Waals surface area contributed by atoms with Gasteiger partial charge in [-0.2, -0.15) is 0 Å². The lowest BCUT2D eigenvalue weighted by atomic mass is 10.1. The molecule has 0 spiro atoms. The van der Waals surface area contributed by atoms with Crippen molar-refractivity contribution in [3.8, 4) is 0 Å². The number of carboxylic acid groups (broad SMARTS) is 1. The Morgan fingerprint density at radius 1 is 1.29 bits per heavy atom. The maximum Gasteiger partial charge on any atom is 0.343 e. The summed E-state index contributed by atoms with van der Waals surface area (Å²) >= 11 is 0. The number of Topliss-reactive ketones (excluding diaryl/α,β-unsaturated/α-hetero) is 1. The number of carbonyl (C=O) groups excluding carboxylic acids is 1. The number of hydrogen-bond donors (Lipinski definition) is 2. The molecule has 1 aromatic rings. The molecule has 0 bridgehead atoms. The second kappa shape index (κ2) is 4.50. The standard InChI is InChI=1S/C9H9NO4/c10-14-8(9(12)13)7(11)6-4-2-1-3-5-6/h1-5,8H,10H2,(H,12,13).